The third-order valence-corrected chi connectivity index (χ3v) is 1.94. The largest absolute Gasteiger partial charge is 0.478 e. The van der Waals surface area contributed by atoms with Crippen LogP contribution in [0.5, 0.6) is 0 Å². The van der Waals surface area contributed by atoms with E-state index in [1.165, 1.54) is 0 Å². The first-order valence-corrected chi connectivity index (χ1v) is 5.07. The second-order valence-electron chi connectivity index (χ2n) is 4.48. The van der Waals surface area contributed by atoms with Gasteiger partial charge in [0.25, 0.3) is 0 Å². The van der Waals surface area contributed by atoms with Crippen LogP contribution in [-0.4, -0.2) is 23.2 Å². The van der Waals surface area contributed by atoms with Gasteiger partial charge in [-0.2, -0.15) is 0 Å². The number of aromatic carboxylic acids is 1. The van der Waals surface area contributed by atoms with Crippen LogP contribution >= 0.6 is 0 Å². The van der Waals surface area contributed by atoms with Crippen LogP contribution in [0.15, 0.2) is 24.3 Å². The van der Waals surface area contributed by atoms with E-state index >= 15 is 0 Å². The van der Waals surface area contributed by atoms with E-state index < -0.39 is 5.97 Å². The van der Waals surface area contributed by atoms with Crippen molar-refractivity contribution in [3.05, 3.63) is 35.4 Å². The van der Waals surface area contributed by atoms with E-state index in [2.05, 4.69) is 0 Å². The van der Waals surface area contributed by atoms with Crippen molar-refractivity contribution in [2.45, 2.75) is 26.0 Å². The average molecular weight is 223 g/mol. The van der Waals surface area contributed by atoms with Gasteiger partial charge < -0.3 is 15.6 Å². The summed E-state index contributed by atoms with van der Waals surface area (Å²) < 4.78 is 5.41. The Balaban J connectivity index is 2.47. The maximum absolute atomic E-state index is 10.6. The summed E-state index contributed by atoms with van der Waals surface area (Å²) in [6.45, 7) is 4.69. The van der Waals surface area contributed by atoms with E-state index in [4.69, 9.17) is 15.6 Å². The van der Waals surface area contributed by atoms with Crippen molar-refractivity contribution in [3.63, 3.8) is 0 Å². The molecule has 0 heterocycles. The second-order valence-corrected chi connectivity index (χ2v) is 4.48. The Morgan fingerprint density at radius 2 is 1.94 bits per heavy atom. The molecule has 1 rings (SSSR count). The van der Waals surface area contributed by atoms with Gasteiger partial charge in [-0.15, -0.1) is 0 Å². The molecule has 0 bridgehead atoms. The highest BCUT2D eigenvalue weighted by molar-refractivity contribution is 5.87. The molecule has 88 valence electrons. The van der Waals surface area contributed by atoms with Crippen LogP contribution in [0.25, 0.3) is 0 Å². The molecule has 1 aromatic rings. The van der Waals surface area contributed by atoms with Crippen molar-refractivity contribution in [2.75, 3.05) is 6.61 Å². The topological polar surface area (TPSA) is 72.5 Å². The monoisotopic (exact) mass is 223 g/mol. The minimum atomic E-state index is -0.921. The summed E-state index contributed by atoms with van der Waals surface area (Å²) in [4.78, 5) is 10.6. The third kappa shape index (κ3) is 4.42. The minimum absolute atomic E-state index is 0.280. The Morgan fingerprint density at radius 3 is 2.38 bits per heavy atom. The zero-order chi connectivity index (χ0) is 12.2. The molecule has 0 saturated carbocycles. The lowest BCUT2D eigenvalue weighted by Crippen LogP contribution is -2.37. The lowest BCUT2D eigenvalue weighted by atomic mass is 10.1. The predicted octanol–water partition coefficient (Wildman–Crippen LogP) is 1.64. The fourth-order valence-corrected chi connectivity index (χ4v) is 1.18. The Kier molecular flexibility index (Phi) is 4.04. The average Bonchev–Trinajstić information content (AvgIpc) is 2.16. The highest BCUT2D eigenvalue weighted by atomic mass is 16.5. The van der Waals surface area contributed by atoms with Crippen molar-refractivity contribution in [1.82, 2.24) is 0 Å². The number of nitrogens with two attached hydrogens (primary N) is 1. The third-order valence-electron chi connectivity index (χ3n) is 1.94. The molecule has 1 aromatic carbocycles. The number of hydrogen-bond donors (Lipinski definition) is 2. The lowest BCUT2D eigenvalue weighted by molar-refractivity contribution is 0.0696. The van der Waals surface area contributed by atoms with Gasteiger partial charge in [-0.25, -0.2) is 4.79 Å². The maximum Gasteiger partial charge on any atom is 0.335 e. The van der Waals surface area contributed by atoms with Gasteiger partial charge in [0.15, 0.2) is 0 Å². The molecular formula is C12H17NO3. The predicted molar refractivity (Wildman–Crippen MR) is 61.3 cm³/mol. The first-order chi connectivity index (χ1) is 7.38. The summed E-state index contributed by atoms with van der Waals surface area (Å²) in [6.07, 6.45) is 0. The van der Waals surface area contributed by atoms with E-state index in [0.717, 1.165) is 5.56 Å². The quantitative estimate of drug-likeness (QED) is 0.796. The van der Waals surface area contributed by atoms with Gasteiger partial charge in [-0.3, -0.25) is 0 Å². The zero-order valence-corrected chi connectivity index (χ0v) is 9.56. The van der Waals surface area contributed by atoms with Crippen LogP contribution in [0.1, 0.15) is 29.8 Å². The molecule has 0 radical (unpaired) electrons. The highest BCUT2D eigenvalue weighted by Gasteiger charge is 2.10. The number of carbonyl (C=O) groups is 1. The van der Waals surface area contributed by atoms with E-state index in [9.17, 15) is 4.79 Å². The van der Waals surface area contributed by atoms with E-state index in [1.807, 2.05) is 13.8 Å². The molecule has 16 heavy (non-hydrogen) atoms. The van der Waals surface area contributed by atoms with Crippen molar-refractivity contribution in [1.29, 1.82) is 0 Å². The molecule has 4 nitrogen and oxygen atoms in total. The van der Waals surface area contributed by atoms with Crippen LogP contribution in [-0.2, 0) is 11.3 Å². The number of carboxylic acid groups (broad SMARTS) is 1. The van der Waals surface area contributed by atoms with Gasteiger partial charge in [0.1, 0.15) is 0 Å². The van der Waals surface area contributed by atoms with E-state index in [0.29, 0.717) is 13.2 Å². The van der Waals surface area contributed by atoms with Crippen LogP contribution < -0.4 is 5.73 Å². The fraction of sp³-hybridized carbons (Fsp3) is 0.417. The molecule has 0 spiro atoms. The number of ether oxygens (including phenoxy) is 1. The molecule has 3 N–H and O–H groups in total. The van der Waals surface area contributed by atoms with Crippen LogP contribution in [0.4, 0.5) is 0 Å². The smallest absolute Gasteiger partial charge is 0.335 e. The SMILES string of the molecule is CC(C)(N)COCc1ccc(C(=O)O)cc1. The standard InChI is InChI=1S/C12H17NO3/c1-12(2,13)8-16-7-9-3-5-10(6-4-9)11(14)15/h3-6H,7-8,13H2,1-2H3,(H,14,15). The molecule has 0 fully saturated rings. The van der Waals surface area contributed by atoms with Crippen molar-refractivity contribution < 1.29 is 14.6 Å². The van der Waals surface area contributed by atoms with Crippen LogP contribution in [0, 0.1) is 0 Å². The van der Waals surface area contributed by atoms with Gasteiger partial charge in [0.05, 0.1) is 18.8 Å². The zero-order valence-electron chi connectivity index (χ0n) is 9.56. The molecule has 4 heteroatoms. The van der Waals surface area contributed by atoms with E-state index in [-0.39, 0.29) is 11.1 Å². The number of carboxylic acids is 1. The van der Waals surface area contributed by atoms with Gasteiger partial charge >= 0.3 is 5.97 Å². The molecule has 0 saturated heterocycles. The summed E-state index contributed by atoms with van der Waals surface area (Å²) in [5, 5.41) is 8.71. The normalized spacial score (nSPS) is 11.4. The Morgan fingerprint density at radius 1 is 1.38 bits per heavy atom. The number of benzene rings is 1. The Bertz CT molecular complexity index is 352. The van der Waals surface area contributed by atoms with Crippen molar-refractivity contribution >= 4 is 5.97 Å². The van der Waals surface area contributed by atoms with Gasteiger partial charge in [0, 0.05) is 5.54 Å². The molecule has 0 unspecified atom stereocenters. The van der Waals surface area contributed by atoms with Gasteiger partial charge in [0.2, 0.25) is 0 Å². The van der Waals surface area contributed by atoms with Crippen LogP contribution in [0.2, 0.25) is 0 Å². The van der Waals surface area contributed by atoms with E-state index in [1.54, 1.807) is 24.3 Å². The molecule has 0 atom stereocenters. The summed E-state index contributed by atoms with van der Waals surface area (Å²) in [7, 11) is 0. The van der Waals surface area contributed by atoms with Crippen molar-refractivity contribution in [2.24, 2.45) is 5.73 Å². The fourth-order valence-electron chi connectivity index (χ4n) is 1.18. The summed E-state index contributed by atoms with van der Waals surface area (Å²) in [5.74, 6) is -0.921. The Labute approximate surface area is 95.0 Å². The molecule has 0 aliphatic heterocycles. The summed E-state index contributed by atoms with van der Waals surface area (Å²) in [6, 6.07) is 6.61. The van der Waals surface area contributed by atoms with Gasteiger partial charge in [-0.1, -0.05) is 12.1 Å². The number of hydrogen-bond acceptors (Lipinski definition) is 3. The van der Waals surface area contributed by atoms with Crippen molar-refractivity contribution in [3.8, 4) is 0 Å². The molecule has 0 aliphatic rings. The van der Waals surface area contributed by atoms with Crippen LogP contribution in [0.3, 0.4) is 0 Å². The maximum atomic E-state index is 10.6. The molecular weight excluding hydrogens is 206 g/mol. The first-order valence-electron chi connectivity index (χ1n) is 5.07. The first kappa shape index (κ1) is 12.7. The highest BCUT2D eigenvalue weighted by Crippen LogP contribution is 2.07. The lowest BCUT2D eigenvalue weighted by Gasteiger charge is -2.18. The molecule has 0 aliphatic carbocycles. The molecule has 0 amide bonds. The molecule has 0 aromatic heterocycles. The number of rotatable bonds is 5. The Hall–Kier alpha value is -1.39. The minimum Gasteiger partial charge on any atom is -0.478 e. The van der Waals surface area contributed by atoms with Gasteiger partial charge in [-0.05, 0) is 31.5 Å². The summed E-state index contributed by atoms with van der Waals surface area (Å²) in [5.41, 5.74) is 6.63. The second kappa shape index (κ2) is 5.09. The summed E-state index contributed by atoms with van der Waals surface area (Å²) >= 11 is 0.